The second kappa shape index (κ2) is 13.1. The Kier molecular flexibility index (Phi) is 7.21. The maximum absolute atomic E-state index is 6.67. The van der Waals surface area contributed by atoms with Crippen LogP contribution in [0.25, 0.3) is 127 Å². The van der Waals surface area contributed by atoms with Gasteiger partial charge in [0.25, 0.3) is 0 Å². The zero-order valence-corrected chi connectivity index (χ0v) is 32.6. The number of furan rings is 2. The molecule has 13 rings (SSSR count). The second-order valence-electron chi connectivity index (χ2n) is 15.6. The maximum Gasteiger partial charge on any atom is 0.164 e. The van der Waals surface area contributed by atoms with E-state index >= 15 is 0 Å². The van der Waals surface area contributed by atoms with Crippen LogP contribution in [0.15, 0.2) is 203 Å². The van der Waals surface area contributed by atoms with Crippen molar-refractivity contribution in [1.29, 1.82) is 0 Å². The summed E-state index contributed by atoms with van der Waals surface area (Å²) in [5.74, 6) is 1.71. The lowest BCUT2D eigenvalue weighted by atomic mass is 10.0. The van der Waals surface area contributed by atoms with Crippen LogP contribution in [0.4, 0.5) is 0 Å². The molecular formula is C55H32N4O2. The molecule has 0 aliphatic heterocycles. The molecule has 9 aromatic carbocycles. The Balaban J connectivity index is 0.930. The van der Waals surface area contributed by atoms with Crippen molar-refractivity contribution in [3.63, 3.8) is 0 Å². The first-order valence-electron chi connectivity index (χ1n) is 20.4. The van der Waals surface area contributed by atoms with E-state index in [-0.39, 0.29) is 0 Å². The van der Waals surface area contributed by atoms with Gasteiger partial charge in [-0.2, -0.15) is 0 Å². The number of hydrogen-bond acceptors (Lipinski definition) is 5. The summed E-state index contributed by atoms with van der Waals surface area (Å²) in [5, 5.41) is 8.95. The average molecular weight is 781 g/mol. The van der Waals surface area contributed by atoms with Crippen LogP contribution in [0.3, 0.4) is 0 Å². The number of nitrogens with zero attached hydrogens (tertiary/aromatic N) is 4. The number of para-hydroxylation sites is 3. The summed E-state index contributed by atoms with van der Waals surface area (Å²) in [7, 11) is 0. The molecule has 61 heavy (non-hydrogen) atoms. The summed E-state index contributed by atoms with van der Waals surface area (Å²) < 4.78 is 15.3. The van der Waals surface area contributed by atoms with Crippen molar-refractivity contribution in [2.45, 2.75) is 0 Å². The van der Waals surface area contributed by atoms with Crippen molar-refractivity contribution >= 4 is 76.5 Å². The minimum atomic E-state index is 0.558. The molecule has 0 fully saturated rings. The van der Waals surface area contributed by atoms with E-state index in [9.17, 15) is 0 Å². The Morgan fingerprint density at radius 1 is 0.295 bits per heavy atom. The Morgan fingerprint density at radius 2 is 0.754 bits per heavy atom. The van der Waals surface area contributed by atoms with Gasteiger partial charge in [0.2, 0.25) is 0 Å². The predicted molar refractivity (Wildman–Crippen MR) is 248 cm³/mol. The van der Waals surface area contributed by atoms with Gasteiger partial charge in [0, 0.05) is 54.7 Å². The number of aromatic nitrogens is 4. The van der Waals surface area contributed by atoms with Crippen LogP contribution >= 0.6 is 0 Å². The van der Waals surface area contributed by atoms with E-state index in [1.807, 2.05) is 30.3 Å². The fourth-order valence-corrected chi connectivity index (χ4v) is 9.06. The van der Waals surface area contributed by atoms with Crippen LogP contribution in [-0.2, 0) is 0 Å². The highest BCUT2D eigenvalue weighted by Crippen LogP contribution is 2.39. The summed E-state index contributed by atoms with van der Waals surface area (Å²) in [6.07, 6.45) is 0. The fraction of sp³-hybridized carbons (Fsp3) is 0. The molecule has 6 heteroatoms. The zero-order chi connectivity index (χ0) is 40.0. The van der Waals surface area contributed by atoms with E-state index in [1.54, 1.807) is 0 Å². The first-order valence-corrected chi connectivity index (χ1v) is 20.4. The molecule has 0 aliphatic rings. The third-order valence-electron chi connectivity index (χ3n) is 12.0. The Labute approximate surface area is 348 Å². The smallest absolute Gasteiger partial charge is 0.164 e. The van der Waals surface area contributed by atoms with Crippen LogP contribution in [-0.4, -0.2) is 19.5 Å². The van der Waals surface area contributed by atoms with Crippen LogP contribution < -0.4 is 0 Å². The van der Waals surface area contributed by atoms with E-state index in [0.717, 1.165) is 93.7 Å². The first kappa shape index (κ1) is 33.6. The van der Waals surface area contributed by atoms with Gasteiger partial charge < -0.3 is 13.4 Å². The summed E-state index contributed by atoms with van der Waals surface area (Å²) in [5.41, 5.74) is 11.5. The van der Waals surface area contributed by atoms with Gasteiger partial charge in [0.1, 0.15) is 22.3 Å². The summed E-state index contributed by atoms with van der Waals surface area (Å²) >= 11 is 0. The SMILES string of the molecule is c1ccc(-n2c3ccccc3c3ccc(-c4ccc5c(c4)oc4cc(-c6nc(-c7ccc8ccccc8c7)nc(-c7ccc8c(c7)oc7ccccc78)n6)ccc45)cc32)cc1. The normalized spacial score (nSPS) is 11.9. The molecule has 4 heterocycles. The molecule has 6 nitrogen and oxygen atoms in total. The third kappa shape index (κ3) is 5.39. The van der Waals surface area contributed by atoms with E-state index in [1.165, 1.54) is 16.3 Å². The van der Waals surface area contributed by atoms with Crippen LogP contribution in [0.5, 0.6) is 0 Å². The zero-order valence-electron chi connectivity index (χ0n) is 32.6. The highest BCUT2D eigenvalue weighted by molar-refractivity contribution is 6.11. The average Bonchev–Trinajstić information content (AvgIpc) is 3.99. The van der Waals surface area contributed by atoms with E-state index in [2.05, 4.69) is 168 Å². The van der Waals surface area contributed by atoms with Gasteiger partial charge in [-0.05, 0) is 94.7 Å². The lowest BCUT2D eigenvalue weighted by Gasteiger charge is -2.09. The molecule has 0 bridgehead atoms. The second-order valence-corrected chi connectivity index (χ2v) is 15.6. The highest BCUT2D eigenvalue weighted by atomic mass is 16.3. The van der Waals surface area contributed by atoms with Crippen molar-refractivity contribution in [2.75, 3.05) is 0 Å². The molecule has 4 aromatic heterocycles. The minimum Gasteiger partial charge on any atom is -0.456 e. The topological polar surface area (TPSA) is 69.9 Å². The van der Waals surface area contributed by atoms with Gasteiger partial charge in [-0.15, -0.1) is 0 Å². The molecule has 0 unspecified atom stereocenters. The van der Waals surface area contributed by atoms with Gasteiger partial charge in [0.15, 0.2) is 17.5 Å². The van der Waals surface area contributed by atoms with Gasteiger partial charge in [-0.3, -0.25) is 0 Å². The largest absolute Gasteiger partial charge is 0.456 e. The molecule has 0 aliphatic carbocycles. The summed E-state index contributed by atoms with van der Waals surface area (Å²) in [6.45, 7) is 0. The molecule has 13 aromatic rings. The number of benzene rings is 9. The number of hydrogen-bond donors (Lipinski definition) is 0. The predicted octanol–water partition coefficient (Wildman–Crippen LogP) is 14.6. The molecular weight excluding hydrogens is 749 g/mol. The fourth-order valence-electron chi connectivity index (χ4n) is 9.06. The molecule has 0 saturated heterocycles. The van der Waals surface area contributed by atoms with E-state index < -0.39 is 0 Å². The van der Waals surface area contributed by atoms with Gasteiger partial charge in [0.05, 0.1) is 11.0 Å². The van der Waals surface area contributed by atoms with Gasteiger partial charge >= 0.3 is 0 Å². The molecule has 284 valence electrons. The molecule has 0 amide bonds. The molecule has 0 radical (unpaired) electrons. The molecule has 0 N–H and O–H groups in total. The van der Waals surface area contributed by atoms with Crippen molar-refractivity contribution in [3.05, 3.63) is 194 Å². The van der Waals surface area contributed by atoms with Gasteiger partial charge in [-0.1, -0.05) is 121 Å². The van der Waals surface area contributed by atoms with Crippen LogP contribution in [0, 0.1) is 0 Å². The number of fused-ring (bicyclic) bond motifs is 10. The quantitative estimate of drug-likeness (QED) is 0.174. The van der Waals surface area contributed by atoms with Gasteiger partial charge in [-0.25, -0.2) is 15.0 Å². The maximum atomic E-state index is 6.67. The summed E-state index contributed by atoms with van der Waals surface area (Å²) in [6, 6.07) is 67.6. The first-order chi connectivity index (χ1) is 30.2. The Bertz CT molecular complexity index is 3900. The van der Waals surface area contributed by atoms with Crippen molar-refractivity contribution < 1.29 is 8.83 Å². The van der Waals surface area contributed by atoms with Crippen LogP contribution in [0.2, 0.25) is 0 Å². The minimum absolute atomic E-state index is 0.558. The Hall–Kier alpha value is -8.35. The standard InChI is InChI=1S/C55H32N4O2/c1-2-12-40(13-3-1)59-47-16-8-6-14-41(47)42-24-20-35(29-48(42)59)36-21-25-45-46-27-23-39(32-52(46)61-50(45)30-36)55-57-53(37-19-18-33-10-4-5-11-34(33)28-37)56-54(58-55)38-22-26-44-43-15-7-9-17-49(43)60-51(44)31-38/h1-32H. The lowest BCUT2D eigenvalue weighted by Crippen LogP contribution is -2.00. The Morgan fingerprint density at radius 3 is 1.46 bits per heavy atom. The third-order valence-corrected chi connectivity index (χ3v) is 12.0. The molecule has 0 atom stereocenters. The van der Waals surface area contributed by atoms with Crippen molar-refractivity contribution in [3.8, 4) is 51.0 Å². The molecule has 0 saturated carbocycles. The van der Waals surface area contributed by atoms with Crippen molar-refractivity contribution in [2.24, 2.45) is 0 Å². The summed E-state index contributed by atoms with van der Waals surface area (Å²) in [4.78, 5) is 15.3. The monoisotopic (exact) mass is 780 g/mol. The van der Waals surface area contributed by atoms with E-state index in [0.29, 0.717) is 17.5 Å². The number of rotatable bonds is 5. The lowest BCUT2D eigenvalue weighted by molar-refractivity contribution is 0.669. The molecule has 0 spiro atoms. The highest BCUT2D eigenvalue weighted by Gasteiger charge is 2.18. The van der Waals surface area contributed by atoms with Crippen LogP contribution in [0.1, 0.15) is 0 Å². The van der Waals surface area contributed by atoms with E-state index in [4.69, 9.17) is 23.8 Å². The van der Waals surface area contributed by atoms with Crippen molar-refractivity contribution in [1.82, 2.24) is 19.5 Å².